The van der Waals surface area contributed by atoms with Crippen LogP contribution in [-0.2, 0) is 4.79 Å². The molecule has 0 unspecified atom stereocenters. The van der Waals surface area contributed by atoms with Crippen molar-refractivity contribution in [1.82, 2.24) is 4.98 Å². The second kappa shape index (κ2) is 8.76. The minimum absolute atomic E-state index is 0.0713. The van der Waals surface area contributed by atoms with Crippen LogP contribution in [0.1, 0.15) is 65.2 Å². The molecule has 1 aliphatic rings. The molecular weight excluding hydrogens is 274 g/mol. The van der Waals surface area contributed by atoms with Gasteiger partial charge < -0.3 is 10.6 Å². The number of nitrogens with zero attached hydrogens (tertiary/aromatic N) is 1. The highest BCUT2D eigenvalue weighted by molar-refractivity contribution is 5.91. The standard InChI is InChI=1S/C18H29N3O/c1-3-14(4-2)18(22)21-17-12-11-16(13-19-17)20-15-9-7-5-6-8-10-15/h11-15,20H,3-10H2,1-2H3,(H,19,21,22). The summed E-state index contributed by atoms with van der Waals surface area (Å²) in [6.45, 7) is 4.09. The summed E-state index contributed by atoms with van der Waals surface area (Å²) in [5, 5.41) is 6.48. The van der Waals surface area contributed by atoms with Gasteiger partial charge in [0.25, 0.3) is 0 Å². The first-order chi connectivity index (χ1) is 10.7. The lowest BCUT2D eigenvalue weighted by atomic mass is 10.0. The number of aromatic nitrogens is 1. The van der Waals surface area contributed by atoms with Crippen molar-refractivity contribution in [2.45, 2.75) is 71.3 Å². The molecule has 2 rings (SSSR count). The molecule has 0 atom stereocenters. The van der Waals surface area contributed by atoms with E-state index in [1.165, 1.54) is 38.5 Å². The van der Waals surface area contributed by atoms with Crippen LogP contribution in [0.2, 0.25) is 0 Å². The maximum atomic E-state index is 12.0. The molecule has 1 aromatic heterocycles. The Balaban J connectivity index is 1.88. The summed E-state index contributed by atoms with van der Waals surface area (Å²) in [6.07, 6.45) is 11.4. The highest BCUT2D eigenvalue weighted by Gasteiger charge is 2.15. The number of carbonyl (C=O) groups excluding carboxylic acids is 1. The Morgan fingerprint density at radius 2 is 1.86 bits per heavy atom. The number of hydrogen-bond acceptors (Lipinski definition) is 3. The van der Waals surface area contributed by atoms with Gasteiger partial charge in [-0.25, -0.2) is 4.98 Å². The van der Waals surface area contributed by atoms with Gasteiger partial charge in [-0.3, -0.25) is 4.79 Å². The predicted molar refractivity (Wildman–Crippen MR) is 92.1 cm³/mol. The predicted octanol–water partition coefficient (Wildman–Crippen LogP) is 4.59. The molecule has 4 heteroatoms. The summed E-state index contributed by atoms with van der Waals surface area (Å²) in [4.78, 5) is 16.4. The zero-order valence-electron chi connectivity index (χ0n) is 13.9. The molecular formula is C18H29N3O. The number of hydrogen-bond donors (Lipinski definition) is 2. The van der Waals surface area contributed by atoms with Crippen LogP contribution in [-0.4, -0.2) is 16.9 Å². The van der Waals surface area contributed by atoms with E-state index in [1.807, 2.05) is 32.2 Å². The van der Waals surface area contributed by atoms with E-state index in [4.69, 9.17) is 0 Å². The van der Waals surface area contributed by atoms with E-state index in [9.17, 15) is 4.79 Å². The molecule has 0 aromatic carbocycles. The first-order valence-corrected chi connectivity index (χ1v) is 8.76. The number of carbonyl (C=O) groups is 1. The average Bonchev–Trinajstić information content (AvgIpc) is 2.79. The van der Waals surface area contributed by atoms with Crippen LogP contribution in [0.5, 0.6) is 0 Å². The third kappa shape index (κ3) is 5.00. The van der Waals surface area contributed by atoms with Crippen molar-refractivity contribution in [2.24, 2.45) is 5.92 Å². The number of rotatable bonds is 6. The fourth-order valence-electron chi connectivity index (χ4n) is 3.10. The first kappa shape index (κ1) is 16.8. The molecule has 0 bridgehead atoms. The van der Waals surface area contributed by atoms with Crippen molar-refractivity contribution in [3.63, 3.8) is 0 Å². The average molecular weight is 303 g/mol. The largest absolute Gasteiger partial charge is 0.381 e. The van der Waals surface area contributed by atoms with E-state index in [-0.39, 0.29) is 11.8 Å². The highest BCUT2D eigenvalue weighted by atomic mass is 16.1. The van der Waals surface area contributed by atoms with Gasteiger partial charge in [-0.1, -0.05) is 39.5 Å². The number of anilines is 2. The van der Waals surface area contributed by atoms with Crippen molar-refractivity contribution in [3.8, 4) is 0 Å². The molecule has 1 heterocycles. The second-order valence-electron chi connectivity index (χ2n) is 6.27. The van der Waals surface area contributed by atoms with Crippen molar-refractivity contribution in [3.05, 3.63) is 18.3 Å². The SMILES string of the molecule is CCC(CC)C(=O)Nc1ccc(NC2CCCCCC2)cn1. The lowest BCUT2D eigenvalue weighted by molar-refractivity contribution is -0.120. The lowest BCUT2D eigenvalue weighted by Gasteiger charge is -2.18. The fourth-order valence-corrected chi connectivity index (χ4v) is 3.10. The maximum absolute atomic E-state index is 12.0. The summed E-state index contributed by atoms with van der Waals surface area (Å²) < 4.78 is 0. The Labute approximate surface area is 134 Å². The molecule has 1 fully saturated rings. The van der Waals surface area contributed by atoms with E-state index in [0.29, 0.717) is 11.9 Å². The van der Waals surface area contributed by atoms with Gasteiger partial charge >= 0.3 is 0 Å². The van der Waals surface area contributed by atoms with Crippen molar-refractivity contribution in [2.75, 3.05) is 10.6 Å². The topological polar surface area (TPSA) is 54.0 Å². The van der Waals surface area contributed by atoms with Gasteiger partial charge in [0, 0.05) is 12.0 Å². The second-order valence-corrected chi connectivity index (χ2v) is 6.27. The zero-order valence-corrected chi connectivity index (χ0v) is 13.9. The van der Waals surface area contributed by atoms with Gasteiger partial charge in [-0.2, -0.15) is 0 Å². The van der Waals surface area contributed by atoms with E-state index >= 15 is 0 Å². The first-order valence-electron chi connectivity index (χ1n) is 8.76. The molecule has 0 aliphatic heterocycles. The summed E-state index contributed by atoms with van der Waals surface area (Å²) in [5.74, 6) is 0.788. The molecule has 22 heavy (non-hydrogen) atoms. The van der Waals surface area contributed by atoms with Gasteiger partial charge in [-0.05, 0) is 37.8 Å². The third-order valence-electron chi connectivity index (χ3n) is 4.60. The normalized spacial score (nSPS) is 16.3. The van der Waals surface area contributed by atoms with Crippen LogP contribution >= 0.6 is 0 Å². The van der Waals surface area contributed by atoms with Gasteiger partial charge in [0.2, 0.25) is 5.91 Å². The number of amides is 1. The van der Waals surface area contributed by atoms with Gasteiger partial charge in [0.15, 0.2) is 0 Å². The monoisotopic (exact) mass is 303 g/mol. The van der Waals surface area contributed by atoms with Crippen LogP contribution in [0.3, 0.4) is 0 Å². The van der Waals surface area contributed by atoms with Crippen LogP contribution in [0.4, 0.5) is 11.5 Å². The molecule has 1 amide bonds. The van der Waals surface area contributed by atoms with Crippen LogP contribution in [0.25, 0.3) is 0 Å². The number of pyridine rings is 1. The molecule has 1 aliphatic carbocycles. The Morgan fingerprint density at radius 3 is 2.41 bits per heavy atom. The van der Waals surface area contributed by atoms with Crippen molar-refractivity contribution < 1.29 is 4.79 Å². The van der Waals surface area contributed by atoms with Gasteiger partial charge in [0.05, 0.1) is 11.9 Å². The van der Waals surface area contributed by atoms with E-state index in [0.717, 1.165) is 18.5 Å². The van der Waals surface area contributed by atoms with Gasteiger partial charge in [0.1, 0.15) is 5.82 Å². The van der Waals surface area contributed by atoms with Crippen LogP contribution in [0, 0.1) is 5.92 Å². The van der Waals surface area contributed by atoms with E-state index in [2.05, 4.69) is 15.6 Å². The van der Waals surface area contributed by atoms with E-state index < -0.39 is 0 Å². The molecule has 1 saturated carbocycles. The fraction of sp³-hybridized carbons (Fsp3) is 0.667. The molecule has 2 N–H and O–H groups in total. The lowest BCUT2D eigenvalue weighted by Crippen LogP contribution is -2.22. The third-order valence-corrected chi connectivity index (χ3v) is 4.60. The minimum atomic E-state index is 0.0713. The molecule has 4 nitrogen and oxygen atoms in total. The Hall–Kier alpha value is -1.58. The van der Waals surface area contributed by atoms with E-state index in [1.54, 1.807) is 0 Å². The van der Waals surface area contributed by atoms with Crippen LogP contribution in [0.15, 0.2) is 18.3 Å². The summed E-state index contributed by atoms with van der Waals surface area (Å²) >= 11 is 0. The Morgan fingerprint density at radius 1 is 1.18 bits per heavy atom. The molecule has 1 aromatic rings. The van der Waals surface area contributed by atoms with Crippen molar-refractivity contribution >= 4 is 17.4 Å². The molecule has 0 spiro atoms. The minimum Gasteiger partial charge on any atom is -0.381 e. The summed E-state index contributed by atoms with van der Waals surface area (Å²) in [6, 6.07) is 4.47. The summed E-state index contributed by atoms with van der Waals surface area (Å²) in [7, 11) is 0. The Kier molecular flexibility index (Phi) is 6.69. The maximum Gasteiger partial charge on any atom is 0.228 e. The van der Waals surface area contributed by atoms with Crippen LogP contribution < -0.4 is 10.6 Å². The van der Waals surface area contributed by atoms with Gasteiger partial charge in [-0.15, -0.1) is 0 Å². The Bertz CT molecular complexity index is 446. The van der Waals surface area contributed by atoms with Crippen molar-refractivity contribution in [1.29, 1.82) is 0 Å². The molecule has 0 saturated heterocycles. The molecule has 0 radical (unpaired) electrons. The quantitative estimate of drug-likeness (QED) is 0.756. The molecule has 122 valence electrons. The summed E-state index contributed by atoms with van der Waals surface area (Å²) in [5.41, 5.74) is 1.05. The zero-order chi connectivity index (χ0) is 15.8. The highest BCUT2D eigenvalue weighted by Crippen LogP contribution is 2.21. The smallest absolute Gasteiger partial charge is 0.228 e. The number of nitrogens with one attached hydrogen (secondary N) is 2.